The number of methoxy groups -OCH3 is 1. The van der Waals surface area contributed by atoms with Gasteiger partial charge in [-0.1, -0.05) is 81.1 Å². The Bertz CT molecular complexity index is 759. The molecule has 2 aromatic rings. The van der Waals surface area contributed by atoms with Crippen molar-refractivity contribution < 1.29 is 4.74 Å². The zero-order valence-corrected chi connectivity index (χ0v) is 19.8. The van der Waals surface area contributed by atoms with Crippen LogP contribution in [0.1, 0.15) is 107 Å². The van der Waals surface area contributed by atoms with Crippen LogP contribution < -0.4 is 0 Å². The molecule has 0 aliphatic heterocycles. The van der Waals surface area contributed by atoms with Crippen molar-refractivity contribution in [1.82, 2.24) is 0 Å². The second-order valence-electron chi connectivity index (χ2n) is 10.2. The maximum absolute atomic E-state index is 5.53. The van der Waals surface area contributed by atoms with Crippen molar-refractivity contribution in [1.29, 1.82) is 0 Å². The van der Waals surface area contributed by atoms with Gasteiger partial charge in [-0.05, 0) is 91.4 Å². The van der Waals surface area contributed by atoms with Crippen LogP contribution in [0.4, 0.5) is 0 Å². The van der Waals surface area contributed by atoms with Crippen LogP contribution in [0.15, 0.2) is 48.5 Å². The van der Waals surface area contributed by atoms with E-state index in [9.17, 15) is 0 Å². The molecule has 0 amide bonds. The van der Waals surface area contributed by atoms with E-state index in [0.717, 1.165) is 11.8 Å². The molecule has 2 aliphatic carbocycles. The molecule has 0 N–H and O–H groups in total. The fourth-order valence-electron chi connectivity index (χ4n) is 5.99. The molecule has 1 heteroatoms. The Labute approximate surface area is 190 Å². The van der Waals surface area contributed by atoms with Crippen molar-refractivity contribution in [3.63, 3.8) is 0 Å². The molecule has 0 bridgehead atoms. The van der Waals surface area contributed by atoms with Gasteiger partial charge in [-0.25, -0.2) is 0 Å². The maximum Gasteiger partial charge on any atom is 0.0571 e. The number of unbranched alkanes of at least 4 members (excludes halogenated alkanes) is 2. The van der Waals surface area contributed by atoms with Crippen molar-refractivity contribution in [2.75, 3.05) is 7.11 Å². The minimum absolute atomic E-state index is 0.477. The van der Waals surface area contributed by atoms with Gasteiger partial charge in [0.25, 0.3) is 0 Å². The van der Waals surface area contributed by atoms with Crippen LogP contribution in [0.2, 0.25) is 0 Å². The van der Waals surface area contributed by atoms with Crippen LogP contribution in [0.3, 0.4) is 0 Å². The largest absolute Gasteiger partial charge is 0.381 e. The number of benzene rings is 2. The van der Waals surface area contributed by atoms with Crippen molar-refractivity contribution in [2.24, 2.45) is 5.92 Å². The second kappa shape index (κ2) is 11.3. The molecule has 0 unspecified atom stereocenters. The molecular formula is C30H42O. The summed E-state index contributed by atoms with van der Waals surface area (Å²) in [5, 5.41) is 0. The quantitative estimate of drug-likeness (QED) is 0.389. The van der Waals surface area contributed by atoms with E-state index in [1.165, 1.54) is 93.7 Å². The molecule has 0 saturated heterocycles. The first-order valence-electron chi connectivity index (χ1n) is 13.0. The summed E-state index contributed by atoms with van der Waals surface area (Å²) in [6.07, 6.45) is 16.7. The predicted octanol–water partition coefficient (Wildman–Crippen LogP) is 8.88. The van der Waals surface area contributed by atoms with E-state index < -0.39 is 0 Å². The molecule has 4 rings (SSSR count). The fraction of sp³-hybridized carbons (Fsp3) is 0.600. The van der Waals surface area contributed by atoms with Gasteiger partial charge in [0.05, 0.1) is 6.10 Å². The van der Waals surface area contributed by atoms with Crippen LogP contribution in [0.5, 0.6) is 0 Å². The van der Waals surface area contributed by atoms with E-state index in [0.29, 0.717) is 12.0 Å². The van der Waals surface area contributed by atoms with E-state index in [1.54, 1.807) is 5.56 Å². The Morgan fingerprint density at radius 1 is 0.645 bits per heavy atom. The third-order valence-corrected chi connectivity index (χ3v) is 8.17. The monoisotopic (exact) mass is 418 g/mol. The van der Waals surface area contributed by atoms with Crippen LogP contribution in [-0.2, 0) is 4.74 Å². The lowest BCUT2D eigenvalue weighted by Gasteiger charge is -2.29. The molecule has 0 heterocycles. The lowest BCUT2D eigenvalue weighted by atomic mass is 9.77. The minimum atomic E-state index is 0.477. The van der Waals surface area contributed by atoms with Crippen molar-refractivity contribution in [3.05, 3.63) is 59.7 Å². The van der Waals surface area contributed by atoms with Gasteiger partial charge in [-0.15, -0.1) is 0 Å². The van der Waals surface area contributed by atoms with E-state index in [4.69, 9.17) is 4.74 Å². The molecule has 0 aromatic heterocycles. The lowest BCUT2D eigenvalue weighted by molar-refractivity contribution is 0.0659. The molecule has 2 aliphatic rings. The smallest absolute Gasteiger partial charge is 0.0571 e. The molecule has 1 nitrogen and oxygen atoms in total. The van der Waals surface area contributed by atoms with Gasteiger partial charge in [0.2, 0.25) is 0 Å². The summed E-state index contributed by atoms with van der Waals surface area (Å²) in [5.74, 6) is 2.48. The van der Waals surface area contributed by atoms with Crippen molar-refractivity contribution in [2.45, 2.75) is 102 Å². The highest BCUT2D eigenvalue weighted by Crippen LogP contribution is 2.39. The van der Waals surface area contributed by atoms with Crippen molar-refractivity contribution in [3.8, 4) is 11.1 Å². The number of hydrogen-bond acceptors (Lipinski definition) is 1. The van der Waals surface area contributed by atoms with Crippen LogP contribution in [0.25, 0.3) is 11.1 Å². The first kappa shape index (κ1) is 22.6. The Balaban J connectivity index is 1.30. The van der Waals surface area contributed by atoms with Crippen molar-refractivity contribution >= 4 is 0 Å². The van der Waals surface area contributed by atoms with Gasteiger partial charge < -0.3 is 4.74 Å². The Morgan fingerprint density at radius 3 is 1.58 bits per heavy atom. The number of rotatable bonds is 8. The topological polar surface area (TPSA) is 9.23 Å². The van der Waals surface area contributed by atoms with E-state index in [2.05, 4.69) is 55.5 Å². The average molecular weight is 419 g/mol. The highest BCUT2D eigenvalue weighted by molar-refractivity contribution is 5.64. The number of ether oxygens (including phenoxy) is 1. The first-order valence-corrected chi connectivity index (χ1v) is 13.0. The molecule has 168 valence electrons. The maximum atomic E-state index is 5.53. The summed E-state index contributed by atoms with van der Waals surface area (Å²) < 4.78 is 5.53. The summed E-state index contributed by atoms with van der Waals surface area (Å²) in [4.78, 5) is 0. The summed E-state index contributed by atoms with van der Waals surface area (Å²) >= 11 is 0. The highest BCUT2D eigenvalue weighted by Gasteiger charge is 2.23. The minimum Gasteiger partial charge on any atom is -0.381 e. The molecular weight excluding hydrogens is 376 g/mol. The molecule has 0 spiro atoms. The Morgan fingerprint density at radius 2 is 1.13 bits per heavy atom. The highest BCUT2D eigenvalue weighted by atomic mass is 16.5. The van der Waals surface area contributed by atoms with Gasteiger partial charge in [0.1, 0.15) is 0 Å². The summed E-state index contributed by atoms with van der Waals surface area (Å²) in [7, 11) is 1.85. The third-order valence-electron chi connectivity index (χ3n) is 8.17. The van der Waals surface area contributed by atoms with Gasteiger partial charge in [0.15, 0.2) is 0 Å². The molecule has 2 aromatic carbocycles. The first-order chi connectivity index (χ1) is 15.3. The third kappa shape index (κ3) is 6.01. The zero-order chi connectivity index (χ0) is 21.5. The normalized spacial score (nSPS) is 26.6. The zero-order valence-electron chi connectivity index (χ0n) is 19.8. The van der Waals surface area contributed by atoms with Crippen LogP contribution in [0, 0.1) is 5.92 Å². The van der Waals surface area contributed by atoms with Crippen LogP contribution in [-0.4, -0.2) is 13.2 Å². The molecule has 2 fully saturated rings. The molecule has 0 atom stereocenters. The average Bonchev–Trinajstić information content (AvgIpc) is 2.85. The van der Waals surface area contributed by atoms with Gasteiger partial charge in [-0.3, -0.25) is 0 Å². The molecule has 31 heavy (non-hydrogen) atoms. The summed E-state index contributed by atoms with van der Waals surface area (Å²) in [6.45, 7) is 2.31. The van der Waals surface area contributed by atoms with Gasteiger partial charge in [0, 0.05) is 7.11 Å². The Hall–Kier alpha value is -1.60. The SMILES string of the molecule is CCCCCC1CCC(c2ccc(-c3ccc(C4CCC(OC)CC4)cc3)cc2)CC1. The van der Waals surface area contributed by atoms with E-state index in [-0.39, 0.29) is 0 Å². The molecule has 0 radical (unpaired) electrons. The van der Waals surface area contributed by atoms with Gasteiger partial charge >= 0.3 is 0 Å². The second-order valence-corrected chi connectivity index (χ2v) is 10.2. The summed E-state index contributed by atoms with van der Waals surface area (Å²) in [5.41, 5.74) is 5.76. The predicted molar refractivity (Wildman–Crippen MR) is 133 cm³/mol. The van der Waals surface area contributed by atoms with Crippen LogP contribution >= 0.6 is 0 Å². The summed E-state index contributed by atoms with van der Waals surface area (Å²) in [6, 6.07) is 18.9. The van der Waals surface area contributed by atoms with E-state index in [1.807, 2.05) is 7.11 Å². The number of hydrogen-bond donors (Lipinski definition) is 0. The lowest BCUT2D eigenvalue weighted by Crippen LogP contribution is -2.19. The van der Waals surface area contributed by atoms with E-state index >= 15 is 0 Å². The fourth-order valence-corrected chi connectivity index (χ4v) is 5.99. The Kier molecular flexibility index (Phi) is 8.25. The molecule has 2 saturated carbocycles. The standard InChI is InChI=1S/C30H42O/c1-3-4-5-6-23-7-9-24(10-8-23)25-11-13-26(14-12-25)27-15-17-28(18-16-27)29-19-21-30(31-2)22-20-29/h11-18,23-24,29-30H,3-10,19-22H2,1-2H3. The van der Waals surface area contributed by atoms with Gasteiger partial charge in [-0.2, -0.15) is 0 Å².